The Morgan fingerprint density at radius 1 is 1.36 bits per heavy atom. The van der Waals surface area contributed by atoms with Crippen LogP contribution in [-0.2, 0) is 11.3 Å². The number of carbonyl (C=O) groups excluding carboxylic acids is 1. The fourth-order valence-corrected chi connectivity index (χ4v) is 2.99. The van der Waals surface area contributed by atoms with Crippen LogP contribution in [0.25, 0.3) is 11.3 Å². The van der Waals surface area contributed by atoms with Gasteiger partial charge in [-0.05, 0) is 24.3 Å². The lowest BCUT2D eigenvalue weighted by Gasteiger charge is -2.22. The molecule has 0 aliphatic carbocycles. The minimum absolute atomic E-state index is 0.0513. The van der Waals surface area contributed by atoms with Gasteiger partial charge < -0.3 is 14.4 Å². The number of pyridine rings is 1. The number of aromatic nitrogens is 1. The molecule has 0 spiro atoms. The molecule has 0 radical (unpaired) electrons. The fraction of sp³-hybridized carbons (Fsp3) is 0.368. The van der Waals surface area contributed by atoms with Crippen molar-refractivity contribution in [3.05, 3.63) is 41.0 Å². The second-order valence-electron chi connectivity index (χ2n) is 6.29. The van der Waals surface area contributed by atoms with Crippen LogP contribution >= 0.6 is 11.6 Å². The van der Waals surface area contributed by atoms with Crippen LogP contribution in [0.15, 0.2) is 30.5 Å². The number of nitrogens with zero attached hydrogens (tertiary/aromatic N) is 2. The molecule has 25 heavy (non-hydrogen) atoms. The maximum atomic E-state index is 12.4. The molecule has 0 unspecified atom stereocenters. The second-order valence-corrected chi connectivity index (χ2v) is 6.73. The number of ether oxygens (including phenoxy) is 2. The molecule has 1 aromatic carbocycles. The normalized spacial score (nSPS) is 13.9. The van der Waals surface area contributed by atoms with Crippen molar-refractivity contribution in [1.82, 2.24) is 9.88 Å². The Labute approximate surface area is 152 Å². The number of hydrogen-bond donors (Lipinski definition) is 0. The van der Waals surface area contributed by atoms with Gasteiger partial charge in [0.1, 0.15) is 6.61 Å². The average Bonchev–Trinajstić information content (AvgIpc) is 2.83. The van der Waals surface area contributed by atoms with E-state index in [9.17, 15) is 4.79 Å². The van der Waals surface area contributed by atoms with E-state index in [-0.39, 0.29) is 11.8 Å². The minimum atomic E-state index is -0.0513. The third-order valence-corrected chi connectivity index (χ3v) is 4.37. The van der Waals surface area contributed by atoms with Gasteiger partial charge in [0.15, 0.2) is 11.5 Å². The van der Waals surface area contributed by atoms with Crippen LogP contribution in [0.5, 0.6) is 11.5 Å². The minimum Gasteiger partial charge on any atom is -0.493 e. The van der Waals surface area contributed by atoms with Gasteiger partial charge in [-0.25, -0.2) is 0 Å². The molecule has 5 nitrogen and oxygen atoms in total. The summed E-state index contributed by atoms with van der Waals surface area (Å²) in [4.78, 5) is 18.6. The van der Waals surface area contributed by atoms with Gasteiger partial charge in [-0.3, -0.25) is 9.78 Å². The van der Waals surface area contributed by atoms with Crippen molar-refractivity contribution in [3.63, 3.8) is 0 Å². The first kappa shape index (κ1) is 17.5. The summed E-state index contributed by atoms with van der Waals surface area (Å²) >= 11 is 5.93. The first-order chi connectivity index (χ1) is 12.0. The van der Waals surface area contributed by atoms with Crippen molar-refractivity contribution >= 4 is 17.5 Å². The molecule has 2 heterocycles. The van der Waals surface area contributed by atoms with Crippen LogP contribution in [0, 0.1) is 5.92 Å². The highest BCUT2D eigenvalue weighted by molar-refractivity contribution is 6.30. The summed E-state index contributed by atoms with van der Waals surface area (Å²) in [6, 6.07) is 7.56. The Kier molecular flexibility index (Phi) is 5.13. The van der Waals surface area contributed by atoms with Gasteiger partial charge in [-0.1, -0.05) is 25.4 Å². The predicted molar refractivity (Wildman–Crippen MR) is 97.0 cm³/mol. The molecular weight excluding hydrogens is 340 g/mol. The first-order valence-corrected chi connectivity index (χ1v) is 8.62. The molecule has 0 atom stereocenters. The van der Waals surface area contributed by atoms with Crippen LogP contribution < -0.4 is 9.47 Å². The van der Waals surface area contributed by atoms with Gasteiger partial charge in [-0.2, -0.15) is 0 Å². The topological polar surface area (TPSA) is 51.7 Å². The number of hydrogen-bond acceptors (Lipinski definition) is 4. The van der Waals surface area contributed by atoms with Crippen molar-refractivity contribution in [2.45, 2.75) is 20.4 Å². The monoisotopic (exact) mass is 360 g/mol. The quantitative estimate of drug-likeness (QED) is 0.835. The highest BCUT2D eigenvalue weighted by Crippen LogP contribution is 2.38. The molecule has 0 bridgehead atoms. The molecule has 0 saturated heterocycles. The van der Waals surface area contributed by atoms with E-state index in [0.717, 1.165) is 16.8 Å². The summed E-state index contributed by atoms with van der Waals surface area (Å²) < 4.78 is 11.4. The Morgan fingerprint density at radius 2 is 2.16 bits per heavy atom. The van der Waals surface area contributed by atoms with E-state index in [1.165, 1.54) is 0 Å². The predicted octanol–water partition coefficient (Wildman–Crippen LogP) is 3.79. The third kappa shape index (κ3) is 3.71. The van der Waals surface area contributed by atoms with Crippen molar-refractivity contribution in [2.75, 3.05) is 20.3 Å². The number of amides is 1. The van der Waals surface area contributed by atoms with E-state index in [1.807, 2.05) is 36.9 Å². The maximum Gasteiger partial charge on any atom is 0.225 e. The number of fused-ring (bicyclic) bond motifs is 1. The van der Waals surface area contributed by atoms with E-state index < -0.39 is 0 Å². The number of benzene rings is 1. The zero-order chi connectivity index (χ0) is 18.0. The summed E-state index contributed by atoms with van der Waals surface area (Å²) in [5, 5.41) is 0.586. The van der Waals surface area contributed by atoms with Crippen molar-refractivity contribution in [2.24, 2.45) is 5.92 Å². The molecule has 2 aromatic rings. The van der Waals surface area contributed by atoms with Crippen LogP contribution in [0.2, 0.25) is 5.02 Å². The van der Waals surface area contributed by atoms with Crippen LogP contribution in [0.1, 0.15) is 19.4 Å². The Bertz CT molecular complexity index is 775. The van der Waals surface area contributed by atoms with Gasteiger partial charge >= 0.3 is 0 Å². The molecule has 132 valence electrons. The van der Waals surface area contributed by atoms with E-state index in [1.54, 1.807) is 19.4 Å². The first-order valence-electron chi connectivity index (χ1n) is 8.24. The molecule has 1 aromatic heterocycles. The lowest BCUT2D eigenvalue weighted by Crippen LogP contribution is -2.35. The molecule has 1 amide bonds. The molecule has 0 fully saturated rings. The van der Waals surface area contributed by atoms with E-state index in [2.05, 4.69) is 4.98 Å². The fourth-order valence-electron chi connectivity index (χ4n) is 2.88. The summed E-state index contributed by atoms with van der Waals surface area (Å²) in [6.45, 7) is 5.31. The molecule has 1 aliphatic heterocycles. The lowest BCUT2D eigenvalue weighted by atomic mass is 10.0. The smallest absolute Gasteiger partial charge is 0.225 e. The van der Waals surface area contributed by atoms with Crippen molar-refractivity contribution in [3.8, 4) is 22.8 Å². The zero-order valence-corrected chi connectivity index (χ0v) is 15.3. The van der Waals surface area contributed by atoms with Gasteiger partial charge in [0.25, 0.3) is 0 Å². The Balaban J connectivity index is 2.03. The number of rotatable bonds is 3. The summed E-state index contributed by atoms with van der Waals surface area (Å²) in [5.41, 5.74) is 2.60. The summed E-state index contributed by atoms with van der Waals surface area (Å²) in [5.74, 6) is 1.40. The van der Waals surface area contributed by atoms with Gasteiger partial charge in [-0.15, -0.1) is 0 Å². The van der Waals surface area contributed by atoms with Gasteiger partial charge in [0.2, 0.25) is 5.91 Å². The number of carbonyl (C=O) groups is 1. The van der Waals surface area contributed by atoms with Crippen molar-refractivity contribution < 1.29 is 14.3 Å². The highest BCUT2D eigenvalue weighted by Gasteiger charge is 2.24. The van der Waals surface area contributed by atoms with Crippen molar-refractivity contribution in [1.29, 1.82) is 0 Å². The Hall–Kier alpha value is -2.27. The van der Waals surface area contributed by atoms with E-state index >= 15 is 0 Å². The molecule has 0 saturated carbocycles. The SMILES string of the molecule is COc1cc(-c2ccc(Cl)cn2)cc2c1OCCN(C(=O)C(C)C)C2. The third-order valence-electron chi connectivity index (χ3n) is 4.15. The van der Waals surface area contributed by atoms with Gasteiger partial charge in [0.05, 0.1) is 24.4 Å². The maximum absolute atomic E-state index is 12.4. The summed E-state index contributed by atoms with van der Waals surface area (Å²) in [6.07, 6.45) is 1.61. The zero-order valence-electron chi connectivity index (χ0n) is 14.6. The van der Waals surface area contributed by atoms with Crippen LogP contribution in [-0.4, -0.2) is 36.1 Å². The molecule has 0 N–H and O–H groups in total. The molecule has 6 heteroatoms. The van der Waals surface area contributed by atoms with Crippen LogP contribution in [0.4, 0.5) is 0 Å². The van der Waals surface area contributed by atoms with Gasteiger partial charge in [0, 0.05) is 29.8 Å². The van der Waals surface area contributed by atoms with E-state index in [0.29, 0.717) is 36.2 Å². The Morgan fingerprint density at radius 3 is 2.80 bits per heavy atom. The highest BCUT2D eigenvalue weighted by atomic mass is 35.5. The molecule has 1 aliphatic rings. The lowest BCUT2D eigenvalue weighted by molar-refractivity contribution is -0.135. The average molecular weight is 361 g/mol. The molecular formula is C19H21ClN2O3. The standard InChI is InChI=1S/C19H21ClN2O3/c1-12(2)19(23)22-6-7-25-18-14(11-22)8-13(9-17(18)24-3)16-5-4-15(20)10-21-16/h4-5,8-10,12H,6-7,11H2,1-3H3. The van der Waals surface area contributed by atoms with Crippen LogP contribution in [0.3, 0.4) is 0 Å². The van der Waals surface area contributed by atoms with E-state index in [4.69, 9.17) is 21.1 Å². The number of halogens is 1. The number of methoxy groups -OCH3 is 1. The molecule has 3 rings (SSSR count). The summed E-state index contributed by atoms with van der Waals surface area (Å²) in [7, 11) is 1.61. The second kappa shape index (κ2) is 7.31. The largest absolute Gasteiger partial charge is 0.493 e.